The largest absolute Gasteiger partial charge is 0.103 e. The van der Waals surface area contributed by atoms with Crippen LogP contribution in [0.3, 0.4) is 0 Å². The SMILES string of the molecule is C=CC=C.C=CCC.CCCC. The fraction of sp³-hybridized carbons (Fsp3) is 0.500. The van der Waals surface area contributed by atoms with E-state index in [1.807, 2.05) is 6.08 Å². The Morgan fingerprint density at radius 3 is 1.08 bits per heavy atom. The Morgan fingerprint density at radius 1 is 0.833 bits per heavy atom. The molecule has 0 unspecified atom stereocenters. The molecule has 72 valence electrons. The monoisotopic (exact) mass is 168 g/mol. The van der Waals surface area contributed by atoms with Crippen molar-refractivity contribution in [3.8, 4) is 0 Å². The summed E-state index contributed by atoms with van der Waals surface area (Å²) in [7, 11) is 0. The van der Waals surface area contributed by atoms with Gasteiger partial charge in [-0.2, -0.15) is 0 Å². The molecule has 0 saturated carbocycles. The molecule has 12 heavy (non-hydrogen) atoms. The van der Waals surface area contributed by atoms with Gasteiger partial charge in [0.1, 0.15) is 0 Å². The first-order chi connectivity index (χ1) is 5.74. The van der Waals surface area contributed by atoms with Gasteiger partial charge in [-0.3, -0.25) is 0 Å². The Morgan fingerprint density at radius 2 is 1.08 bits per heavy atom. The van der Waals surface area contributed by atoms with E-state index in [9.17, 15) is 0 Å². The number of hydrogen-bond donors (Lipinski definition) is 0. The highest BCUT2D eigenvalue weighted by Crippen LogP contribution is 1.76. The van der Waals surface area contributed by atoms with E-state index >= 15 is 0 Å². The van der Waals surface area contributed by atoms with E-state index in [1.54, 1.807) is 12.2 Å². The van der Waals surface area contributed by atoms with Gasteiger partial charge < -0.3 is 0 Å². The molecule has 0 aromatic rings. The summed E-state index contributed by atoms with van der Waals surface area (Å²) in [6.07, 6.45) is 8.88. The number of unbranched alkanes of at least 4 members (excludes halogenated alkanes) is 1. The third-order valence-corrected chi connectivity index (χ3v) is 0.955. The lowest BCUT2D eigenvalue weighted by molar-refractivity contribution is 0.886. The quantitative estimate of drug-likeness (QED) is 0.421. The second kappa shape index (κ2) is 31.9. The highest BCUT2D eigenvalue weighted by atomic mass is 13.6. The summed E-state index contributed by atoms with van der Waals surface area (Å²) in [4.78, 5) is 0. The molecular weight excluding hydrogens is 144 g/mol. The zero-order valence-electron chi connectivity index (χ0n) is 8.97. The van der Waals surface area contributed by atoms with Crippen LogP contribution in [0.2, 0.25) is 0 Å². The lowest BCUT2D eigenvalue weighted by Gasteiger charge is -1.68. The molecule has 0 heteroatoms. The maximum absolute atomic E-state index is 3.48. The Labute approximate surface area is 78.7 Å². The van der Waals surface area contributed by atoms with Crippen LogP contribution in [0.1, 0.15) is 40.0 Å². The minimum Gasteiger partial charge on any atom is -0.103 e. The van der Waals surface area contributed by atoms with Crippen molar-refractivity contribution < 1.29 is 0 Å². The second-order valence-electron chi connectivity index (χ2n) is 2.17. The van der Waals surface area contributed by atoms with E-state index in [0.717, 1.165) is 6.42 Å². The molecule has 0 atom stereocenters. The fourth-order valence-corrected chi connectivity index (χ4v) is 0. The Balaban J connectivity index is -0.000000101. The summed E-state index contributed by atoms with van der Waals surface area (Å²) in [6.45, 7) is 16.6. The van der Waals surface area contributed by atoms with Crippen LogP contribution in [0.25, 0.3) is 0 Å². The number of allylic oxidation sites excluding steroid dienone is 3. The lowest BCUT2D eigenvalue weighted by Crippen LogP contribution is -1.47. The maximum Gasteiger partial charge on any atom is -0.0382 e. The molecule has 0 nitrogen and oxygen atoms in total. The topological polar surface area (TPSA) is 0 Å². The predicted molar refractivity (Wildman–Crippen MR) is 61.5 cm³/mol. The summed E-state index contributed by atoms with van der Waals surface area (Å²) in [5, 5.41) is 0. The molecule has 0 radical (unpaired) electrons. The molecule has 0 aromatic carbocycles. The minimum atomic E-state index is 1.08. The summed E-state index contributed by atoms with van der Waals surface area (Å²) in [5.74, 6) is 0. The van der Waals surface area contributed by atoms with Crippen molar-refractivity contribution in [3.63, 3.8) is 0 Å². The van der Waals surface area contributed by atoms with Crippen molar-refractivity contribution >= 4 is 0 Å². The normalized spacial score (nSPS) is 6.25. The maximum atomic E-state index is 3.48. The van der Waals surface area contributed by atoms with Crippen molar-refractivity contribution in [1.29, 1.82) is 0 Å². The third-order valence-electron chi connectivity index (χ3n) is 0.955. The summed E-state index contributed by atoms with van der Waals surface area (Å²) >= 11 is 0. The molecule has 0 aliphatic rings. The van der Waals surface area contributed by atoms with Crippen LogP contribution >= 0.6 is 0 Å². The van der Waals surface area contributed by atoms with Crippen LogP contribution in [-0.4, -0.2) is 0 Å². The summed E-state index contributed by atoms with van der Waals surface area (Å²) in [6, 6.07) is 0. The van der Waals surface area contributed by atoms with Crippen LogP contribution in [0, 0.1) is 0 Å². The molecule has 0 heterocycles. The van der Waals surface area contributed by atoms with Gasteiger partial charge in [0.2, 0.25) is 0 Å². The van der Waals surface area contributed by atoms with Gasteiger partial charge in [0.15, 0.2) is 0 Å². The molecule has 0 bridgehead atoms. The first-order valence-corrected chi connectivity index (χ1v) is 4.59. The Bertz CT molecular complexity index is 72.0. The van der Waals surface area contributed by atoms with Gasteiger partial charge >= 0.3 is 0 Å². The molecule has 0 fully saturated rings. The van der Waals surface area contributed by atoms with E-state index in [2.05, 4.69) is 40.5 Å². The highest BCUT2D eigenvalue weighted by Gasteiger charge is 1.56. The minimum absolute atomic E-state index is 1.08. The predicted octanol–water partition coefficient (Wildman–Crippen LogP) is 4.75. The standard InChI is InChI=1S/C4H10.C4H8.C4H6/c3*1-3-4-2/h3-4H2,1-2H3;3H,1,4H2,2H3;3-4H,1-2H2. The molecule has 0 aromatic heterocycles. The van der Waals surface area contributed by atoms with Gasteiger partial charge in [0, 0.05) is 0 Å². The van der Waals surface area contributed by atoms with E-state index in [0.29, 0.717) is 0 Å². The third kappa shape index (κ3) is 126. The van der Waals surface area contributed by atoms with Crippen LogP contribution < -0.4 is 0 Å². The summed E-state index contributed by atoms with van der Waals surface area (Å²) < 4.78 is 0. The second-order valence-corrected chi connectivity index (χ2v) is 2.17. The average Bonchev–Trinajstić information content (AvgIpc) is 2.18. The lowest BCUT2D eigenvalue weighted by atomic mass is 10.4. The Hall–Kier alpha value is -0.780. The molecule has 0 saturated heterocycles. The molecule has 0 spiro atoms. The average molecular weight is 168 g/mol. The van der Waals surface area contributed by atoms with Crippen LogP contribution in [0.15, 0.2) is 38.0 Å². The van der Waals surface area contributed by atoms with Crippen LogP contribution in [0.5, 0.6) is 0 Å². The number of hydrogen-bond acceptors (Lipinski definition) is 0. The first kappa shape index (κ1) is 17.3. The molecular formula is C12H24. The highest BCUT2D eigenvalue weighted by molar-refractivity contribution is 4.88. The van der Waals surface area contributed by atoms with Gasteiger partial charge in [0.05, 0.1) is 0 Å². The first-order valence-electron chi connectivity index (χ1n) is 4.59. The van der Waals surface area contributed by atoms with Crippen molar-refractivity contribution in [3.05, 3.63) is 38.0 Å². The van der Waals surface area contributed by atoms with E-state index in [1.165, 1.54) is 12.8 Å². The zero-order chi connectivity index (χ0) is 10.2. The van der Waals surface area contributed by atoms with Crippen LogP contribution in [0.4, 0.5) is 0 Å². The zero-order valence-corrected chi connectivity index (χ0v) is 8.97. The molecule has 0 amide bonds. The van der Waals surface area contributed by atoms with E-state index in [4.69, 9.17) is 0 Å². The Kier molecular flexibility index (Phi) is 46.1. The molecule has 0 rings (SSSR count). The van der Waals surface area contributed by atoms with Crippen molar-refractivity contribution in [2.75, 3.05) is 0 Å². The van der Waals surface area contributed by atoms with E-state index < -0.39 is 0 Å². The van der Waals surface area contributed by atoms with Gasteiger partial charge in [-0.15, -0.1) is 6.58 Å². The fourth-order valence-electron chi connectivity index (χ4n) is 0. The van der Waals surface area contributed by atoms with Crippen molar-refractivity contribution in [1.82, 2.24) is 0 Å². The van der Waals surface area contributed by atoms with Gasteiger partial charge in [-0.05, 0) is 6.42 Å². The molecule has 0 aliphatic carbocycles. The van der Waals surface area contributed by atoms with Crippen molar-refractivity contribution in [2.24, 2.45) is 0 Å². The molecule has 0 N–H and O–H groups in total. The van der Waals surface area contributed by atoms with E-state index in [-0.39, 0.29) is 0 Å². The summed E-state index contributed by atoms with van der Waals surface area (Å²) in [5.41, 5.74) is 0. The molecule has 0 aliphatic heterocycles. The number of rotatable bonds is 3. The van der Waals surface area contributed by atoms with Crippen LogP contribution in [-0.2, 0) is 0 Å². The smallest absolute Gasteiger partial charge is 0.0382 e. The van der Waals surface area contributed by atoms with Gasteiger partial charge in [-0.1, -0.05) is 65.0 Å². The van der Waals surface area contributed by atoms with Gasteiger partial charge in [-0.25, -0.2) is 0 Å². The van der Waals surface area contributed by atoms with Crippen molar-refractivity contribution in [2.45, 2.75) is 40.0 Å². The van der Waals surface area contributed by atoms with Gasteiger partial charge in [0.25, 0.3) is 0 Å².